The van der Waals surface area contributed by atoms with Gasteiger partial charge in [0, 0.05) is 13.1 Å². The second-order valence-electron chi connectivity index (χ2n) is 5.40. The van der Waals surface area contributed by atoms with Crippen LogP contribution >= 0.6 is 0 Å². The molecule has 1 aliphatic rings. The van der Waals surface area contributed by atoms with Crippen LogP contribution < -0.4 is 10.6 Å². The fourth-order valence-corrected chi connectivity index (χ4v) is 2.08. The lowest BCUT2D eigenvalue weighted by Crippen LogP contribution is -2.14. The molecular weight excluding hydrogens is 268 g/mol. The molecule has 8 nitrogen and oxygen atoms in total. The van der Waals surface area contributed by atoms with Crippen LogP contribution in [0.3, 0.4) is 0 Å². The van der Waals surface area contributed by atoms with E-state index in [2.05, 4.69) is 49.5 Å². The van der Waals surface area contributed by atoms with Crippen molar-refractivity contribution in [2.75, 3.05) is 23.7 Å². The number of nitrogens with zero attached hydrogens (tertiary/aromatic N) is 6. The summed E-state index contributed by atoms with van der Waals surface area (Å²) in [5.41, 5.74) is 0. The third kappa shape index (κ3) is 3.45. The van der Waals surface area contributed by atoms with Crippen molar-refractivity contribution >= 4 is 11.9 Å². The van der Waals surface area contributed by atoms with E-state index in [1.807, 2.05) is 0 Å². The summed E-state index contributed by atoms with van der Waals surface area (Å²) in [4.78, 5) is 17.1. The maximum atomic E-state index is 4.40. The summed E-state index contributed by atoms with van der Waals surface area (Å²) in [6, 6.07) is 0. The van der Waals surface area contributed by atoms with E-state index in [0.717, 1.165) is 31.3 Å². The maximum absolute atomic E-state index is 4.40. The first-order valence-corrected chi connectivity index (χ1v) is 7.35. The number of nitrogens with one attached hydrogen (secondary N) is 2. The van der Waals surface area contributed by atoms with Gasteiger partial charge in [-0.25, -0.2) is 4.98 Å². The van der Waals surface area contributed by atoms with Crippen molar-refractivity contribution in [1.29, 1.82) is 0 Å². The molecule has 0 bridgehead atoms. The largest absolute Gasteiger partial charge is 0.354 e. The molecule has 0 aliphatic heterocycles. The Kier molecular flexibility index (Phi) is 3.94. The SMILES string of the molecule is CCCNc1nc(NCC2CC2C)nc(-n2cncn2)n1. The van der Waals surface area contributed by atoms with E-state index in [1.54, 1.807) is 6.33 Å². The van der Waals surface area contributed by atoms with Gasteiger partial charge in [-0.2, -0.15) is 24.7 Å². The van der Waals surface area contributed by atoms with Gasteiger partial charge in [0.05, 0.1) is 0 Å². The minimum absolute atomic E-state index is 0.465. The lowest BCUT2D eigenvalue weighted by Gasteiger charge is -2.09. The molecule has 2 atom stereocenters. The van der Waals surface area contributed by atoms with Crippen molar-refractivity contribution in [3.05, 3.63) is 12.7 Å². The summed E-state index contributed by atoms with van der Waals surface area (Å²) in [5.74, 6) is 3.12. The van der Waals surface area contributed by atoms with E-state index in [9.17, 15) is 0 Å². The molecule has 3 rings (SSSR count). The fourth-order valence-electron chi connectivity index (χ4n) is 2.08. The Balaban J connectivity index is 1.78. The van der Waals surface area contributed by atoms with Crippen molar-refractivity contribution in [2.45, 2.75) is 26.7 Å². The Hall–Kier alpha value is -2.25. The molecule has 2 N–H and O–H groups in total. The predicted molar refractivity (Wildman–Crippen MR) is 79.3 cm³/mol. The van der Waals surface area contributed by atoms with Crippen molar-refractivity contribution < 1.29 is 0 Å². The van der Waals surface area contributed by atoms with E-state index in [0.29, 0.717) is 17.8 Å². The number of aromatic nitrogens is 6. The molecule has 21 heavy (non-hydrogen) atoms. The average Bonchev–Trinajstić information content (AvgIpc) is 2.98. The molecule has 0 saturated heterocycles. The molecule has 2 aromatic heterocycles. The molecule has 2 aromatic rings. The summed E-state index contributed by atoms with van der Waals surface area (Å²) >= 11 is 0. The fraction of sp³-hybridized carbons (Fsp3) is 0.615. The molecule has 0 amide bonds. The van der Waals surface area contributed by atoms with E-state index in [4.69, 9.17) is 0 Å². The van der Waals surface area contributed by atoms with Crippen LogP contribution in [0.1, 0.15) is 26.7 Å². The molecular formula is C13H20N8. The van der Waals surface area contributed by atoms with Crippen molar-refractivity contribution in [3.63, 3.8) is 0 Å². The Morgan fingerprint density at radius 2 is 2.00 bits per heavy atom. The first-order valence-electron chi connectivity index (χ1n) is 7.35. The van der Waals surface area contributed by atoms with Gasteiger partial charge in [0.1, 0.15) is 12.7 Å². The van der Waals surface area contributed by atoms with E-state index in [1.165, 1.54) is 17.4 Å². The van der Waals surface area contributed by atoms with Crippen LogP contribution in [-0.4, -0.2) is 42.8 Å². The predicted octanol–water partition coefficient (Wildman–Crippen LogP) is 1.34. The second kappa shape index (κ2) is 6.02. The quantitative estimate of drug-likeness (QED) is 0.794. The van der Waals surface area contributed by atoms with Gasteiger partial charge >= 0.3 is 0 Å². The van der Waals surface area contributed by atoms with Crippen LogP contribution in [0.5, 0.6) is 0 Å². The Morgan fingerprint density at radius 1 is 1.24 bits per heavy atom. The Bertz CT molecular complexity index is 582. The van der Waals surface area contributed by atoms with Gasteiger partial charge in [-0.05, 0) is 24.7 Å². The molecule has 2 heterocycles. The second-order valence-corrected chi connectivity index (χ2v) is 5.40. The monoisotopic (exact) mass is 288 g/mol. The molecule has 2 unspecified atom stereocenters. The Morgan fingerprint density at radius 3 is 2.62 bits per heavy atom. The first-order chi connectivity index (χ1) is 10.3. The topological polar surface area (TPSA) is 93.4 Å². The zero-order valence-corrected chi connectivity index (χ0v) is 12.3. The first kappa shape index (κ1) is 13.7. The normalized spacial score (nSPS) is 20.3. The molecule has 8 heteroatoms. The molecule has 1 aliphatic carbocycles. The highest BCUT2D eigenvalue weighted by atomic mass is 15.4. The van der Waals surface area contributed by atoms with E-state index >= 15 is 0 Å². The lowest BCUT2D eigenvalue weighted by atomic mass is 10.3. The molecule has 112 valence electrons. The molecule has 1 fully saturated rings. The third-order valence-electron chi connectivity index (χ3n) is 3.58. The van der Waals surface area contributed by atoms with Crippen molar-refractivity contribution in [1.82, 2.24) is 29.7 Å². The maximum Gasteiger partial charge on any atom is 0.258 e. The summed E-state index contributed by atoms with van der Waals surface area (Å²) in [7, 11) is 0. The molecule has 0 radical (unpaired) electrons. The highest BCUT2D eigenvalue weighted by Gasteiger charge is 2.32. The van der Waals surface area contributed by atoms with E-state index in [-0.39, 0.29) is 0 Å². The highest BCUT2D eigenvalue weighted by molar-refractivity contribution is 5.37. The van der Waals surface area contributed by atoms with Crippen molar-refractivity contribution in [3.8, 4) is 5.95 Å². The van der Waals surface area contributed by atoms with Crippen LogP contribution in [0.15, 0.2) is 12.7 Å². The molecule has 0 spiro atoms. The Labute approximate surface area is 123 Å². The van der Waals surface area contributed by atoms with Crippen LogP contribution in [0.4, 0.5) is 11.9 Å². The third-order valence-corrected chi connectivity index (χ3v) is 3.58. The summed E-state index contributed by atoms with van der Waals surface area (Å²) in [5, 5.41) is 10.5. The smallest absolute Gasteiger partial charge is 0.258 e. The zero-order chi connectivity index (χ0) is 14.7. The van der Waals surface area contributed by atoms with Gasteiger partial charge in [0.25, 0.3) is 5.95 Å². The summed E-state index contributed by atoms with van der Waals surface area (Å²) in [6.07, 6.45) is 5.31. The van der Waals surface area contributed by atoms with Gasteiger partial charge in [0.2, 0.25) is 11.9 Å². The minimum Gasteiger partial charge on any atom is -0.354 e. The highest BCUT2D eigenvalue weighted by Crippen LogP contribution is 2.37. The number of hydrogen-bond donors (Lipinski definition) is 2. The van der Waals surface area contributed by atoms with Crippen LogP contribution in [-0.2, 0) is 0 Å². The lowest BCUT2D eigenvalue weighted by molar-refractivity contribution is 0.765. The van der Waals surface area contributed by atoms with Crippen LogP contribution in [0.25, 0.3) is 5.95 Å². The summed E-state index contributed by atoms with van der Waals surface area (Å²) < 4.78 is 1.53. The van der Waals surface area contributed by atoms with Gasteiger partial charge in [-0.3, -0.25) is 0 Å². The standard InChI is InChI=1S/C13H20N8/c1-3-4-15-11-18-12(16-6-10-5-9(10)2)20-13(19-11)21-8-14-7-17-21/h7-10H,3-6H2,1-2H3,(H2,15,16,18,19,20). The number of anilines is 2. The average molecular weight is 288 g/mol. The number of hydrogen-bond acceptors (Lipinski definition) is 7. The van der Waals surface area contributed by atoms with Crippen LogP contribution in [0, 0.1) is 11.8 Å². The number of rotatable bonds is 7. The molecule has 0 aromatic carbocycles. The zero-order valence-electron chi connectivity index (χ0n) is 12.3. The summed E-state index contributed by atoms with van der Waals surface area (Å²) in [6.45, 7) is 6.07. The molecule has 1 saturated carbocycles. The minimum atomic E-state index is 0.465. The van der Waals surface area contributed by atoms with Crippen molar-refractivity contribution in [2.24, 2.45) is 11.8 Å². The van der Waals surface area contributed by atoms with Gasteiger partial charge in [-0.1, -0.05) is 13.8 Å². The van der Waals surface area contributed by atoms with Gasteiger partial charge in [0.15, 0.2) is 0 Å². The van der Waals surface area contributed by atoms with Gasteiger partial charge < -0.3 is 10.6 Å². The van der Waals surface area contributed by atoms with E-state index < -0.39 is 0 Å². The van der Waals surface area contributed by atoms with Crippen LogP contribution in [0.2, 0.25) is 0 Å². The van der Waals surface area contributed by atoms with Gasteiger partial charge in [-0.15, -0.1) is 0 Å².